The number of nitrogens with one attached hydrogen (secondary N) is 1. The quantitative estimate of drug-likeness (QED) is 0.815. The molecule has 2 aliphatic rings. The summed E-state index contributed by atoms with van der Waals surface area (Å²) in [6.07, 6.45) is 8.31. The zero-order chi connectivity index (χ0) is 12.3. The Morgan fingerprint density at radius 1 is 1.41 bits per heavy atom. The number of halogens is 1. The van der Waals surface area contributed by atoms with Gasteiger partial charge in [-0.1, -0.05) is 37.4 Å². The van der Waals surface area contributed by atoms with Crippen LogP contribution in [0.1, 0.15) is 45.4 Å². The molecule has 2 unspecified atom stereocenters. The standard InChI is InChI=1S/C14H24ClNO/c1-3-17-13-9-12(16-10-11(2)15)14(13)7-5-4-6-8-14/h12-13,16H,2-10H2,1H3. The maximum atomic E-state index is 5.91. The van der Waals surface area contributed by atoms with Crippen LogP contribution in [0.25, 0.3) is 0 Å². The van der Waals surface area contributed by atoms with Gasteiger partial charge >= 0.3 is 0 Å². The van der Waals surface area contributed by atoms with E-state index in [9.17, 15) is 0 Å². The van der Waals surface area contributed by atoms with Crippen LogP contribution in [0.3, 0.4) is 0 Å². The highest BCUT2D eigenvalue weighted by atomic mass is 35.5. The largest absolute Gasteiger partial charge is 0.378 e. The third kappa shape index (κ3) is 2.69. The maximum Gasteiger partial charge on any atom is 0.0661 e. The second-order valence-corrected chi connectivity index (χ2v) is 5.96. The van der Waals surface area contributed by atoms with Crippen LogP contribution < -0.4 is 5.32 Å². The van der Waals surface area contributed by atoms with Gasteiger partial charge in [-0.05, 0) is 26.2 Å². The number of hydrogen-bond acceptors (Lipinski definition) is 2. The van der Waals surface area contributed by atoms with Crippen LogP contribution >= 0.6 is 11.6 Å². The van der Waals surface area contributed by atoms with Crippen molar-refractivity contribution in [1.82, 2.24) is 5.32 Å². The van der Waals surface area contributed by atoms with Crippen molar-refractivity contribution < 1.29 is 4.74 Å². The Morgan fingerprint density at radius 2 is 2.12 bits per heavy atom. The Morgan fingerprint density at radius 3 is 2.71 bits per heavy atom. The number of ether oxygens (including phenoxy) is 1. The van der Waals surface area contributed by atoms with Crippen molar-refractivity contribution in [3.05, 3.63) is 11.6 Å². The second kappa shape index (κ2) is 5.73. The van der Waals surface area contributed by atoms with Crippen molar-refractivity contribution in [3.63, 3.8) is 0 Å². The predicted molar refractivity (Wildman–Crippen MR) is 72.3 cm³/mol. The summed E-state index contributed by atoms with van der Waals surface area (Å²) < 4.78 is 5.91. The maximum absolute atomic E-state index is 5.91. The van der Waals surface area contributed by atoms with E-state index in [1.807, 2.05) is 0 Å². The van der Waals surface area contributed by atoms with E-state index in [1.54, 1.807) is 0 Å². The summed E-state index contributed by atoms with van der Waals surface area (Å²) in [5.41, 5.74) is 0.389. The molecule has 0 heterocycles. The monoisotopic (exact) mass is 257 g/mol. The van der Waals surface area contributed by atoms with Gasteiger partial charge < -0.3 is 10.1 Å². The molecule has 2 atom stereocenters. The summed E-state index contributed by atoms with van der Waals surface area (Å²) in [4.78, 5) is 0. The lowest BCUT2D eigenvalue weighted by atomic mass is 9.55. The molecule has 1 N–H and O–H groups in total. The van der Waals surface area contributed by atoms with E-state index < -0.39 is 0 Å². The van der Waals surface area contributed by atoms with Gasteiger partial charge in [0.25, 0.3) is 0 Å². The van der Waals surface area contributed by atoms with Crippen LogP contribution in [0.4, 0.5) is 0 Å². The summed E-state index contributed by atoms with van der Waals surface area (Å²) in [5.74, 6) is 0. The van der Waals surface area contributed by atoms with Crippen molar-refractivity contribution in [2.45, 2.75) is 57.6 Å². The molecule has 2 rings (SSSR count). The highest BCUT2D eigenvalue weighted by Crippen LogP contribution is 2.53. The molecule has 0 aliphatic heterocycles. The second-order valence-electron chi connectivity index (χ2n) is 5.42. The van der Waals surface area contributed by atoms with Crippen LogP contribution in [0.5, 0.6) is 0 Å². The molecule has 0 saturated heterocycles. The first-order valence-corrected chi connectivity index (χ1v) is 7.25. The molecular weight excluding hydrogens is 234 g/mol. The van der Waals surface area contributed by atoms with Crippen molar-refractivity contribution in [1.29, 1.82) is 0 Å². The smallest absolute Gasteiger partial charge is 0.0661 e. The van der Waals surface area contributed by atoms with Crippen LogP contribution in [0.15, 0.2) is 11.6 Å². The summed E-state index contributed by atoms with van der Waals surface area (Å²) in [5, 5.41) is 4.26. The Hall–Kier alpha value is -0.0500. The zero-order valence-electron chi connectivity index (χ0n) is 10.8. The average molecular weight is 258 g/mol. The fraction of sp³-hybridized carbons (Fsp3) is 0.857. The minimum absolute atomic E-state index is 0.389. The first-order chi connectivity index (χ1) is 8.19. The normalized spacial score (nSPS) is 31.2. The van der Waals surface area contributed by atoms with Crippen LogP contribution in [-0.2, 0) is 4.74 Å². The van der Waals surface area contributed by atoms with Gasteiger partial charge in [0, 0.05) is 29.6 Å². The minimum atomic E-state index is 0.389. The first-order valence-electron chi connectivity index (χ1n) is 6.87. The van der Waals surface area contributed by atoms with Crippen molar-refractivity contribution in [3.8, 4) is 0 Å². The zero-order valence-corrected chi connectivity index (χ0v) is 11.6. The fourth-order valence-corrected chi connectivity index (χ4v) is 3.66. The van der Waals surface area contributed by atoms with E-state index in [1.165, 1.54) is 32.1 Å². The summed E-state index contributed by atoms with van der Waals surface area (Å²) >= 11 is 5.84. The van der Waals surface area contributed by atoms with Gasteiger partial charge in [0.05, 0.1) is 6.10 Å². The van der Waals surface area contributed by atoms with Gasteiger partial charge in [0.15, 0.2) is 0 Å². The van der Waals surface area contributed by atoms with E-state index in [-0.39, 0.29) is 0 Å². The topological polar surface area (TPSA) is 21.3 Å². The molecule has 0 aromatic carbocycles. The average Bonchev–Trinajstić information content (AvgIpc) is 2.33. The highest BCUT2D eigenvalue weighted by Gasteiger charge is 2.55. The lowest BCUT2D eigenvalue weighted by Gasteiger charge is -2.58. The van der Waals surface area contributed by atoms with Crippen molar-refractivity contribution >= 4 is 11.6 Å². The van der Waals surface area contributed by atoms with E-state index >= 15 is 0 Å². The molecule has 0 aromatic heterocycles. The van der Waals surface area contributed by atoms with Gasteiger partial charge in [0.1, 0.15) is 0 Å². The molecule has 0 aromatic rings. The molecule has 3 heteroatoms. The predicted octanol–water partition coefficient (Wildman–Crippen LogP) is 3.46. The molecule has 2 aliphatic carbocycles. The summed E-state index contributed by atoms with van der Waals surface area (Å²) in [6, 6.07) is 0.579. The molecule has 2 fully saturated rings. The van der Waals surface area contributed by atoms with Crippen molar-refractivity contribution in [2.75, 3.05) is 13.2 Å². The first kappa shape index (κ1) is 13.4. The van der Waals surface area contributed by atoms with Crippen molar-refractivity contribution in [2.24, 2.45) is 5.41 Å². The molecular formula is C14H24ClNO. The Labute approximate surface area is 110 Å². The fourth-order valence-electron chi connectivity index (χ4n) is 3.58. The summed E-state index contributed by atoms with van der Waals surface area (Å²) in [6.45, 7) is 7.40. The van der Waals surface area contributed by atoms with E-state index in [4.69, 9.17) is 16.3 Å². The molecule has 0 radical (unpaired) electrons. The highest BCUT2D eigenvalue weighted by molar-refractivity contribution is 6.29. The molecule has 2 nitrogen and oxygen atoms in total. The van der Waals surface area contributed by atoms with Gasteiger partial charge in [-0.15, -0.1) is 0 Å². The minimum Gasteiger partial charge on any atom is -0.378 e. The van der Waals surface area contributed by atoms with E-state index in [0.29, 0.717) is 22.6 Å². The third-order valence-corrected chi connectivity index (χ3v) is 4.61. The van der Waals surface area contributed by atoms with Crippen LogP contribution in [0, 0.1) is 5.41 Å². The number of rotatable bonds is 5. The van der Waals surface area contributed by atoms with E-state index in [0.717, 1.165) is 19.6 Å². The molecule has 98 valence electrons. The molecule has 0 amide bonds. The van der Waals surface area contributed by atoms with Gasteiger partial charge in [-0.2, -0.15) is 0 Å². The van der Waals surface area contributed by atoms with Gasteiger partial charge in [-0.3, -0.25) is 0 Å². The Kier molecular flexibility index (Phi) is 4.51. The molecule has 2 saturated carbocycles. The van der Waals surface area contributed by atoms with Crippen LogP contribution in [-0.4, -0.2) is 25.3 Å². The molecule has 17 heavy (non-hydrogen) atoms. The Balaban J connectivity index is 1.95. The third-order valence-electron chi connectivity index (χ3n) is 4.48. The van der Waals surface area contributed by atoms with Crippen LogP contribution in [0.2, 0.25) is 0 Å². The molecule has 0 bridgehead atoms. The molecule has 1 spiro atoms. The van der Waals surface area contributed by atoms with E-state index in [2.05, 4.69) is 18.8 Å². The lowest BCUT2D eigenvalue weighted by molar-refractivity contribution is -0.149. The summed E-state index contributed by atoms with van der Waals surface area (Å²) in [7, 11) is 0. The lowest BCUT2D eigenvalue weighted by Crippen LogP contribution is -2.64. The number of hydrogen-bond donors (Lipinski definition) is 1. The van der Waals surface area contributed by atoms with Gasteiger partial charge in [0.2, 0.25) is 0 Å². The SMILES string of the molecule is C=C(Cl)CNC1CC(OCC)C12CCCCC2. The van der Waals surface area contributed by atoms with Gasteiger partial charge in [-0.25, -0.2) is 0 Å². The Bertz CT molecular complexity index is 273.